The number of fused-ring (bicyclic) bond motifs is 4. The third-order valence-electron chi connectivity index (χ3n) is 5.73. The Bertz CT molecular complexity index is 1220. The maximum absolute atomic E-state index is 6.56. The van der Waals surface area contributed by atoms with Crippen LogP contribution in [0.2, 0.25) is 0 Å². The number of hydrogen-bond acceptors (Lipinski definition) is 2. The van der Waals surface area contributed by atoms with E-state index in [1.807, 2.05) is 6.07 Å². The third kappa shape index (κ3) is 2.10. The van der Waals surface area contributed by atoms with Crippen LogP contribution in [0.5, 0.6) is 5.75 Å². The van der Waals surface area contributed by atoms with E-state index >= 15 is 0 Å². The quantitative estimate of drug-likeness (QED) is 0.446. The SMILES string of the molecule is Cc1ccc2c(c1)N(c1ccccc1)c1cccc3c1B2Oc1ccccc1-3. The molecular weight excluding hydrogens is 341 g/mol. The molecule has 0 radical (unpaired) electrons. The second-order valence-electron chi connectivity index (χ2n) is 7.47. The van der Waals surface area contributed by atoms with Crippen molar-refractivity contribution in [3.05, 3.63) is 96.6 Å². The van der Waals surface area contributed by atoms with E-state index in [1.165, 1.54) is 44.7 Å². The Hall–Kier alpha value is -3.46. The van der Waals surface area contributed by atoms with E-state index in [2.05, 4.69) is 96.8 Å². The Balaban J connectivity index is 1.70. The smallest absolute Gasteiger partial charge is 0.431 e. The molecule has 4 aromatic rings. The van der Waals surface area contributed by atoms with Gasteiger partial charge in [-0.2, -0.15) is 0 Å². The van der Waals surface area contributed by atoms with Crippen molar-refractivity contribution >= 4 is 34.9 Å². The lowest BCUT2D eigenvalue weighted by molar-refractivity contribution is 0.590. The van der Waals surface area contributed by atoms with Crippen LogP contribution >= 0.6 is 0 Å². The predicted octanol–water partition coefficient (Wildman–Crippen LogP) is 4.94. The second kappa shape index (κ2) is 5.77. The highest BCUT2D eigenvalue weighted by Crippen LogP contribution is 2.42. The number of nitrogens with zero attached hydrogens (tertiary/aromatic N) is 1. The van der Waals surface area contributed by atoms with Crippen LogP contribution in [0.3, 0.4) is 0 Å². The van der Waals surface area contributed by atoms with Crippen molar-refractivity contribution in [3.63, 3.8) is 0 Å². The van der Waals surface area contributed by atoms with Crippen molar-refractivity contribution < 1.29 is 4.65 Å². The zero-order valence-electron chi connectivity index (χ0n) is 15.6. The first-order valence-corrected chi connectivity index (χ1v) is 9.66. The molecule has 4 aromatic carbocycles. The van der Waals surface area contributed by atoms with Crippen molar-refractivity contribution in [1.29, 1.82) is 0 Å². The molecule has 6 rings (SSSR count). The summed E-state index contributed by atoms with van der Waals surface area (Å²) in [5.41, 5.74) is 9.69. The highest BCUT2D eigenvalue weighted by molar-refractivity contribution is 6.85. The van der Waals surface area contributed by atoms with Gasteiger partial charge in [0.15, 0.2) is 0 Å². The van der Waals surface area contributed by atoms with Gasteiger partial charge >= 0.3 is 6.92 Å². The van der Waals surface area contributed by atoms with Crippen molar-refractivity contribution in [2.75, 3.05) is 4.90 Å². The van der Waals surface area contributed by atoms with Crippen LogP contribution < -0.4 is 20.5 Å². The van der Waals surface area contributed by atoms with Gasteiger partial charge in [-0.25, -0.2) is 0 Å². The average Bonchev–Trinajstić information content (AvgIpc) is 2.74. The lowest BCUT2D eigenvalue weighted by Crippen LogP contribution is -2.56. The summed E-state index contributed by atoms with van der Waals surface area (Å²) in [6, 6.07) is 32.2. The van der Waals surface area contributed by atoms with Gasteiger partial charge in [-0.3, -0.25) is 0 Å². The summed E-state index contributed by atoms with van der Waals surface area (Å²) >= 11 is 0. The minimum Gasteiger partial charge on any atom is -0.551 e. The highest BCUT2D eigenvalue weighted by atomic mass is 16.4. The molecular formula is C25H18BNO. The predicted molar refractivity (Wildman–Crippen MR) is 117 cm³/mol. The van der Waals surface area contributed by atoms with Gasteiger partial charge in [0.2, 0.25) is 0 Å². The molecule has 0 N–H and O–H groups in total. The average molecular weight is 359 g/mol. The van der Waals surface area contributed by atoms with E-state index in [1.54, 1.807) is 0 Å². The Morgan fingerprint density at radius 3 is 2.39 bits per heavy atom. The standard InChI is InChI=1S/C25H18BNO/c1-17-14-15-21-23(16-17)27(18-8-3-2-4-9-18)22-12-7-11-20-19-10-5-6-13-24(19)28-26(21)25(20)22/h2-16H,1H3. The fourth-order valence-corrected chi connectivity index (χ4v) is 4.51. The van der Waals surface area contributed by atoms with E-state index in [4.69, 9.17) is 4.65 Å². The van der Waals surface area contributed by atoms with Gasteiger partial charge < -0.3 is 9.55 Å². The fraction of sp³-hybridized carbons (Fsp3) is 0.0400. The van der Waals surface area contributed by atoms with Crippen molar-refractivity contribution in [2.24, 2.45) is 0 Å². The van der Waals surface area contributed by atoms with Crippen molar-refractivity contribution in [1.82, 2.24) is 0 Å². The van der Waals surface area contributed by atoms with Crippen LogP contribution in [-0.2, 0) is 0 Å². The van der Waals surface area contributed by atoms with Gasteiger partial charge in [0.05, 0.1) is 0 Å². The van der Waals surface area contributed by atoms with Crippen LogP contribution in [0.1, 0.15) is 5.56 Å². The Kier molecular flexibility index (Phi) is 3.21. The summed E-state index contributed by atoms with van der Waals surface area (Å²) < 4.78 is 6.56. The second-order valence-corrected chi connectivity index (χ2v) is 7.47. The molecule has 0 fully saturated rings. The van der Waals surface area contributed by atoms with Gasteiger partial charge in [-0.15, -0.1) is 0 Å². The van der Waals surface area contributed by atoms with Crippen LogP contribution in [0.25, 0.3) is 11.1 Å². The molecule has 0 spiro atoms. The number of aryl methyl sites for hydroxylation is 1. The highest BCUT2D eigenvalue weighted by Gasteiger charge is 2.41. The maximum Gasteiger partial charge on any atom is 0.431 e. The largest absolute Gasteiger partial charge is 0.551 e. The molecule has 0 atom stereocenters. The number of benzene rings is 4. The van der Waals surface area contributed by atoms with Crippen molar-refractivity contribution in [2.45, 2.75) is 6.92 Å². The first kappa shape index (κ1) is 15.6. The van der Waals surface area contributed by atoms with Gasteiger partial charge in [0, 0.05) is 28.1 Å². The molecule has 0 unspecified atom stereocenters. The summed E-state index contributed by atoms with van der Waals surface area (Å²) in [6.07, 6.45) is 0. The molecule has 3 heteroatoms. The van der Waals surface area contributed by atoms with Crippen LogP contribution in [-0.4, -0.2) is 6.92 Å². The lowest BCUT2D eigenvalue weighted by Gasteiger charge is -2.39. The molecule has 0 saturated heterocycles. The van der Waals surface area contributed by atoms with Gasteiger partial charge in [0.1, 0.15) is 5.75 Å². The molecule has 2 aliphatic heterocycles. The molecule has 0 aliphatic carbocycles. The van der Waals surface area contributed by atoms with E-state index in [9.17, 15) is 0 Å². The normalized spacial score (nSPS) is 13.3. The number of hydrogen-bond donors (Lipinski definition) is 0. The molecule has 28 heavy (non-hydrogen) atoms. The molecule has 132 valence electrons. The number of rotatable bonds is 1. The maximum atomic E-state index is 6.56. The molecule has 2 aliphatic rings. The molecule has 2 heterocycles. The number of para-hydroxylation sites is 2. The van der Waals surface area contributed by atoms with Crippen LogP contribution in [0, 0.1) is 6.92 Å². The van der Waals surface area contributed by atoms with Crippen molar-refractivity contribution in [3.8, 4) is 16.9 Å². The van der Waals surface area contributed by atoms with E-state index in [-0.39, 0.29) is 6.92 Å². The molecule has 0 amide bonds. The fourth-order valence-electron chi connectivity index (χ4n) is 4.51. The first-order valence-electron chi connectivity index (χ1n) is 9.66. The monoisotopic (exact) mass is 359 g/mol. The minimum atomic E-state index is -0.0864. The summed E-state index contributed by atoms with van der Waals surface area (Å²) in [6.45, 7) is 2.06. The van der Waals surface area contributed by atoms with E-state index in [0.717, 1.165) is 5.75 Å². The Morgan fingerprint density at radius 2 is 1.50 bits per heavy atom. The summed E-state index contributed by atoms with van der Waals surface area (Å²) in [5.74, 6) is 0.955. The Labute approximate surface area is 165 Å². The molecule has 0 saturated carbocycles. The zero-order chi connectivity index (χ0) is 18.7. The number of anilines is 3. The van der Waals surface area contributed by atoms with Gasteiger partial charge in [-0.1, -0.05) is 60.7 Å². The summed E-state index contributed by atoms with van der Waals surface area (Å²) in [4.78, 5) is 2.37. The molecule has 0 bridgehead atoms. The zero-order valence-corrected chi connectivity index (χ0v) is 15.6. The topological polar surface area (TPSA) is 12.5 Å². The summed E-state index contributed by atoms with van der Waals surface area (Å²) in [5, 5.41) is 0. The molecule has 2 nitrogen and oxygen atoms in total. The van der Waals surface area contributed by atoms with E-state index in [0.29, 0.717) is 0 Å². The van der Waals surface area contributed by atoms with Gasteiger partial charge in [-0.05, 0) is 53.8 Å². The minimum absolute atomic E-state index is 0.0864. The summed E-state index contributed by atoms with van der Waals surface area (Å²) in [7, 11) is 0. The Morgan fingerprint density at radius 1 is 0.714 bits per heavy atom. The molecule has 0 aromatic heterocycles. The first-order chi connectivity index (χ1) is 13.8. The third-order valence-corrected chi connectivity index (χ3v) is 5.73. The van der Waals surface area contributed by atoms with Crippen LogP contribution in [0.4, 0.5) is 17.1 Å². The van der Waals surface area contributed by atoms with Gasteiger partial charge in [0.25, 0.3) is 0 Å². The lowest BCUT2D eigenvalue weighted by atomic mass is 9.49. The van der Waals surface area contributed by atoms with Crippen LogP contribution in [0.15, 0.2) is 91.0 Å². The van der Waals surface area contributed by atoms with E-state index < -0.39 is 0 Å².